The second kappa shape index (κ2) is 6.19. The first-order chi connectivity index (χ1) is 9.15. The summed E-state index contributed by atoms with van der Waals surface area (Å²) in [5.41, 5.74) is -0.218. The molecule has 2 rings (SSSR count). The Morgan fingerprint density at radius 2 is 2.42 bits per heavy atom. The SMILES string of the molecule is CC(C)C1(C(=O)NCCCc2ncc[nH]2)CCNC1. The summed E-state index contributed by atoms with van der Waals surface area (Å²) in [6.45, 7) is 6.73. The summed E-state index contributed by atoms with van der Waals surface area (Å²) in [4.78, 5) is 19.6. The van der Waals surface area contributed by atoms with E-state index >= 15 is 0 Å². The Hall–Kier alpha value is -1.36. The maximum Gasteiger partial charge on any atom is 0.227 e. The number of hydrogen-bond acceptors (Lipinski definition) is 3. The van der Waals surface area contributed by atoms with Crippen LogP contribution in [0.15, 0.2) is 12.4 Å². The Morgan fingerprint density at radius 3 is 3.00 bits per heavy atom. The number of imidazole rings is 1. The van der Waals surface area contributed by atoms with Crippen LogP contribution >= 0.6 is 0 Å². The van der Waals surface area contributed by atoms with Gasteiger partial charge in [-0.05, 0) is 25.3 Å². The van der Waals surface area contributed by atoms with E-state index in [-0.39, 0.29) is 11.3 Å². The topological polar surface area (TPSA) is 69.8 Å². The monoisotopic (exact) mass is 264 g/mol. The third kappa shape index (κ3) is 3.15. The molecule has 106 valence electrons. The van der Waals surface area contributed by atoms with Crippen molar-refractivity contribution in [1.82, 2.24) is 20.6 Å². The van der Waals surface area contributed by atoms with Gasteiger partial charge < -0.3 is 15.6 Å². The summed E-state index contributed by atoms with van der Waals surface area (Å²) in [5.74, 6) is 1.55. The smallest absolute Gasteiger partial charge is 0.227 e. The maximum absolute atomic E-state index is 12.4. The molecule has 0 spiro atoms. The standard InChI is InChI=1S/C14H24N4O/c1-11(2)14(5-7-15-10-14)13(19)18-6-3-4-12-16-8-9-17-12/h8-9,11,15H,3-7,10H2,1-2H3,(H,16,17)(H,18,19). The number of aromatic amines is 1. The Bertz CT molecular complexity index is 394. The van der Waals surface area contributed by atoms with Crippen LogP contribution in [0.3, 0.4) is 0 Å². The van der Waals surface area contributed by atoms with Crippen LogP contribution in [-0.4, -0.2) is 35.5 Å². The largest absolute Gasteiger partial charge is 0.356 e. The van der Waals surface area contributed by atoms with Gasteiger partial charge in [0.15, 0.2) is 0 Å². The molecule has 1 unspecified atom stereocenters. The van der Waals surface area contributed by atoms with Crippen LogP contribution in [0.2, 0.25) is 0 Å². The molecule has 0 radical (unpaired) electrons. The van der Waals surface area contributed by atoms with Gasteiger partial charge in [-0.2, -0.15) is 0 Å². The maximum atomic E-state index is 12.4. The van der Waals surface area contributed by atoms with Crippen molar-refractivity contribution in [1.29, 1.82) is 0 Å². The van der Waals surface area contributed by atoms with Crippen LogP contribution in [0.5, 0.6) is 0 Å². The van der Waals surface area contributed by atoms with Gasteiger partial charge in [0.05, 0.1) is 5.41 Å². The number of nitrogens with one attached hydrogen (secondary N) is 3. The van der Waals surface area contributed by atoms with E-state index in [2.05, 4.69) is 34.4 Å². The molecule has 1 fully saturated rings. The first kappa shape index (κ1) is 14.1. The Morgan fingerprint density at radius 1 is 1.58 bits per heavy atom. The van der Waals surface area contributed by atoms with Crippen molar-refractivity contribution in [3.05, 3.63) is 18.2 Å². The van der Waals surface area contributed by atoms with Crippen LogP contribution in [0.4, 0.5) is 0 Å². The van der Waals surface area contributed by atoms with Crippen LogP contribution in [0, 0.1) is 11.3 Å². The summed E-state index contributed by atoms with van der Waals surface area (Å²) in [6, 6.07) is 0. The number of carbonyl (C=O) groups is 1. The average molecular weight is 264 g/mol. The summed E-state index contributed by atoms with van der Waals surface area (Å²) in [6.07, 6.45) is 6.31. The molecular formula is C14H24N4O. The zero-order valence-corrected chi connectivity index (χ0v) is 11.8. The predicted octanol–water partition coefficient (Wildman–Crippen LogP) is 1.09. The molecule has 1 aliphatic rings. The number of aromatic nitrogens is 2. The lowest BCUT2D eigenvalue weighted by Crippen LogP contribution is -2.46. The molecule has 19 heavy (non-hydrogen) atoms. The molecule has 5 nitrogen and oxygen atoms in total. The third-order valence-electron chi connectivity index (χ3n) is 4.18. The van der Waals surface area contributed by atoms with Crippen molar-refractivity contribution < 1.29 is 4.79 Å². The van der Waals surface area contributed by atoms with Gasteiger partial charge >= 0.3 is 0 Å². The zero-order chi connectivity index (χ0) is 13.7. The van der Waals surface area contributed by atoms with Crippen molar-refractivity contribution in [2.45, 2.75) is 33.1 Å². The predicted molar refractivity (Wildman–Crippen MR) is 74.7 cm³/mol. The number of carbonyl (C=O) groups excluding carboxylic acids is 1. The molecule has 1 aliphatic heterocycles. The lowest BCUT2D eigenvalue weighted by Gasteiger charge is -2.31. The van der Waals surface area contributed by atoms with Gasteiger partial charge in [-0.3, -0.25) is 4.79 Å². The summed E-state index contributed by atoms with van der Waals surface area (Å²) >= 11 is 0. The number of amides is 1. The van der Waals surface area contributed by atoms with E-state index in [1.807, 2.05) is 6.20 Å². The van der Waals surface area contributed by atoms with Crippen molar-refractivity contribution in [3.8, 4) is 0 Å². The van der Waals surface area contributed by atoms with E-state index in [9.17, 15) is 4.79 Å². The Balaban J connectivity index is 1.77. The molecule has 1 saturated heterocycles. The van der Waals surface area contributed by atoms with E-state index in [4.69, 9.17) is 0 Å². The molecule has 1 amide bonds. The molecule has 1 aromatic heterocycles. The van der Waals surface area contributed by atoms with E-state index in [0.717, 1.165) is 38.2 Å². The van der Waals surface area contributed by atoms with Gasteiger partial charge in [0.2, 0.25) is 5.91 Å². The van der Waals surface area contributed by atoms with E-state index in [0.29, 0.717) is 12.5 Å². The Kier molecular flexibility index (Phi) is 4.58. The molecule has 3 N–H and O–H groups in total. The van der Waals surface area contributed by atoms with Gasteiger partial charge in [-0.1, -0.05) is 13.8 Å². The number of hydrogen-bond donors (Lipinski definition) is 3. The minimum atomic E-state index is -0.218. The van der Waals surface area contributed by atoms with Crippen LogP contribution in [0.25, 0.3) is 0 Å². The van der Waals surface area contributed by atoms with Crippen molar-refractivity contribution in [2.24, 2.45) is 11.3 Å². The fourth-order valence-electron chi connectivity index (χ4n) is 2.73. The van der Waals surface area contributed by atoms with Gasteiger partial charge in [-0.25, -0.2) is 4.98 Å². The molecular weight excluding hydrogens is 240 g/mol. The first-order valence-corrected chi connectivity index (χ1v) is 7.12. The molecule has 1 atom stereocenters. The van der Waals surface area contributed by atoms with Crippen LogP contribution < -0.4 is 10.6 Å². The highest BCUT2D eigenvalue weighted by Gasteiger charge is 2.43. The normalized spacial score (nSPS) is 22.9. The third-order valence-corrected chi connectivity index (χ3v) is 4.18. The minimum Gasteiger partial charge on any atom is -0.356 e. The lowest BCUT2D eigenvalue weighted by atomic mass is 9.75. The highest BCUT2D eigenvalue weighted by molar-refractivity contribution is 5.83. The van der Waals surface area contributed by atoms with Crippen LogP contribution in [0.1, 0.15) is 32.5 Å². The van der Waals surface area contributed by atoms with E-state index < -0.39 is 0 Å². The number of rotatable bonds is 6. The molecule has 1 aromatic rings. The number of aryl methyl sites for hydroxylation is 1. The molecule has 0 saturated carbocycles. The molecule has 0 aromatic carbocycles. The fraction of sp³-hybridized carbons (Fsp3) is 0.714. The van der Waals surface area contributed by atoms with E-state index in [1.54, 1.807) is 6.20 Å². The van der Waals surface area contributed by atoms with Crippen molar-refractivity contribution in [3.63, 3.8) is 0 Å². The molecule has 0 bridgehead atoms. The zero-order valence-electron chi connectivity index (χ0n) is 11.8. The van der Waals surface area contributed by atoms with Crippen LogP contribution in [-0.2, 0) is 11.2 Å². The molecule has 0 aliphatic carbocycles. The fourth-order valence-corrected chi connectivity index (χ4v) is 2.73. The second-order valence-corrected chi connectivity index (χ2v) is 5.63. The molecule has 2 heterocycles. The quantitative estimate of drug-likeness (QED) is 0.674. The number of nitrogens with zero attached hydrogens (tertiary/aromatic N) is 1. The average Bonchev–Trinajstić information content (AvgIpc) is 3.05. The van der Waals surface area contributed by atoms with Crippen molar-refractivity contribution in [2.75, 3.05) is 19.6 Å². The lowest BCUT2D eigenvalue weighted by molar-refractivity contribution is -0.132. The summed E-state index contributed by atoms with van der Waals surface area (Å²) in [5, 5.41) is 6.40. The van der Waals surface area contributed by atoms with Crippen molar-refractivity contribution >= 4 is 5.91 Å². The van der Waals surface area contributed by atoms with E-state index in [1.165, 1.54) is 0 Å². The summed E-state index contributed by atoms with van der Waals surface area (Å²) < 4.78 is 0. The van der Waals surface area contributed by atoms with Gasteiger partial charge in [0.1, 0.15) is 5.82 Å². The van der Waals surface area contributed by atoms with Gasteiger partial charge in [0, 0.05) is 31.9 Å². The highest BCUT2D eigenvalue weighted by atomic mass is 16.2. The van der Waals surface area contributed by atoms with Gasteiger partial charge in [-0.15, -0.1) is 0 Å². The molecule has 5 heteroatoms. The summed E-state index contributed by atoms with van der Waals surface area (Å²) in [7, 11) is 0. The minimum absolute atomic E-state index is 0.201. The Labute approximate surface area is 114 Å². The highest BCUT2D eigenvalue weighted by Crippen LogP contribution is 2.34. The number of H-pyrrole nitrogens is 1. The second-order valence-electron chi connectivity index (χ2n) is 5.63. The van der Waals surface area contributed by atoms with Gasteiger partial charge in [0.25, 0.3) is 0 Å². The first-order valence-electron chi connectivity index (χ1n) is 7.12.